The van der Waals surface area contributed by atoms with Crippen molar-refractivity contribution in [2.75, 3.05) is 45.1 Å². The zero-order valence-electron chi connectivity index (χ0n) is 9.68. The molecule has 1 N–H and O–H groups in total. The van der Waals surface area contributed by atoms with Gasteiger partial charge in [-0.15, -0.1) is 11.8 Å². The van der Waals surface area contributed by atoms with Gasteiger partial charge < -0.3 is 10.1 Å². The number of thioether (sulfide) groups is 1. The van der Waals surface area contributed by atoms with Crippen molar-refractivity contribution in [1.29, 1.82) is 0 Å². The Balaban J connectivity index is 2.03. The van der Waals surface area contributed by atoms with E-state index in [1.807, 2.05) is 0 Å². The summed E-state index contributed by atoms with van der Waals surface area (Å²) in [6.07, 6.45) is 1.07. The molecular weight excluding hydrogens is 242 g/mol. The van der Waals surface area contributed by atoms with Crippen LogP contribution in [0.2, 0.25) is 0 Å². The molecule has 0 aliphatic carbocycles. The zero-order valence-corrected chi connectivity index (χ0v) is 10.5. The summed E-state index contributed by atoms with van der Waals surface area (Å²) in [5, 5.41) is 15.0. The van der Waals surface area contributed by atoms with Gasteiger partial charge >= 0.3 is 0 Å². The molecule has 2 fully saturated rings. The number of morpholine rings is 1. The van der Waals surface area contributed by atoms with Crippen LogP contribution in [0.25, 0.3) is 0 Å². The van der Waals surface area contributed by atoms with Crippen LogP contribution in [0, 0.1) is 10.1 Å². The Morgan fingerprint density at radius 3 is 2.88 bits per heavy atom. The van der Waals surface area contributed by atoms with Crippen molar-refractivity contribution in [1.82, 2.24) is 10.2 Å². The normalized spacial score (nSPS) is 25.2. The van der Waals surface area contributed by atoms with Crippen molar-refractivity contribution < 1.29 is 9.66 Å². The second-order valence-corrected chi connectivity index (χ2v) is 5.16. The molecule has 6 nitrogen and oxygen atoms in total. The van der Waals surface area contributed by atoms with E-state index >= 15 is 0 Å². The second kappa shape index (κ2) is 6.23. The summed E-state index contributed by atoms with van der Waals surface area (Å²) in [7, 11) is 0. The monoisotopic (exact) mass is 259 g/mol. The maximum absolute atomic E-state index is 11.1. The molecule has 96 valence electrons. The summed E-state index contributed by atoms with van der Waals surface area (Å²) in [6.45, 7) is 4.13. The quantitative estimate of drug-likeness (QED) is 0.588. The number of rotatable bonds is 3. The number of nitrogens with zero attached hydrogens (tertiary/aromatic N) is 2. The predicted molar refractivity (Wildman–Crippen MR) is 66.4 cm³/mol. The Labute approximate surface area is 105 Å². The van der Waals surface area contributed by atoms with Crippen LogP contribution >= 0.6 is 11.8 Å². The molecule has 0 bridgehead atoms. The Morgan fingerprint density at radius 1 is 1.53 bits per heavy atom. The minimum Gasteiger partial charge on any atom is -0.379 e. The molecule has 0 unspecified atom stereocenters. The fraction of sp³-hybridized carbons (Fsp3) is 0.800. The number of hydrogen-bond acceptors (Lipinski definition) is 6. The van der Waals surface area contributed by atoms with Crippen molar-refractivity contribution in [2.45, 2.75) is 6.42 Å². The molecule has 17 heavy (non-hydrogen) atoms. The predicted octanol–water partition coefficient (Wildman–Crippen LogP) is 0.491. The average molecular weight is 259 g/mol. The summed E-state index contributed by atoms with van der Waals surface area (Å²) >= 11 is 1.56. The first-order valence-electron chi connectivity index (χ1n) is 5.81. The van der Waals surface area contributed by atoms with Gasteiger partial charge in [-0.1, -0.05) is 0 Å². The van der Waals surface area contributed by atoms with E-state index in [0.29, 0.717) is 25.5 Å². The molecule has 2 rings (SSSR count). The molecule has 2 saturated heterocycles. The van der Waals surface area contributed by atoms with E-state index in [1.54, 1.807) is 11.8 Å². The van der Waals surface area contributed by atoms with Crippen molar-refractivity contribution in [3.8, 4) is 0 Å². The van der Waals surface area contributed by atoms with E-state index < -0.39 is 0 Å². The highest BCUT2D eigenvalue weighted by Gasteiger charge is 2.24. The van der Waals surface area contributed by atoms with Crippen molar-refractivity contribution in [3.63, 3.8) is 0 Å². The average Bonchev–Trinajstić information content (AvgIpc) is 2.38. The second-order valence-electron chi connectivity index (χ2n) is 4.05. The Kier molecular flexibility index (Phi) is 4.64. The molecule has 2 aliphatic rings. The molecule has 2 heterocycles. The van der Waals surface area contributed by atoms with Crippen molar-refractivity contribution in [2.24, 2.45) is 0 Å². The highest BCUT2D eigenvalue weighted by Crippen LogP contribution is 2.22. The van der Waals surface area contributed by atoms with Crippen LogP contribution in [0.15, 0.2) is 10.7 Å². The first-order chi connectivity index (χ1) is 8.27. The van der Waals surface area contributed by atoms with Gasteiger partial charge in [0.1, 0.15) is 5.03 Å². The minimum absolute atomic E-state index is 0.254. The van der Waals surface area contributed by atoms with Gasteiger partial charge in [0.05, 0.1) is 24.7 Å². The van der Waals surface area contributed by atoms with Gasteiger partial charge in [0.25, 0.3) is 5.70 Å². The number of nitro groups is 1. The lowest BCUT2D eigenvalue weighted by molar-refractivity contribution is -0.429. The molecule has 0 aromatic carbocycles. The van der Waals surface area contributed by atoms with Crippen LogP contribution in [0.1, 0.15) is 6.42 Å². The Morgan fingerprint density at radius 2 is 2.29 bits per heavy atom. The van der Waals surface area contributed by atoms with Gasteiger partial charge in [0.2, 0.25) is 0 Å². The van der Waals surface area contributed by atoms with E-state index in [4.69, 9.17) is 4.74 Å². The molecule has 0 aromatic rings. The summed E-state index contributed by atoms with van der Waals surface area (Å²) in [5.74, 6) is 0.961. The van der Waals surface area contributed by atoms with Gasteiger partial charge in [-0.25, -0.2) is 0 Å². The smallest absolute Gasteiger partial charge is 0.289 e. The van der Waals surface area contributed by atoms with E-state index in [-0.39, 0.29) is 4.92 Å². The molecule has 2 aliphatic heterocycles. The van der Waals surface area contributed by atoms with Gasteiger partial charge in [0.15, 0.2) is 0 Å². The van der Waals surface area contributed by atoms with Gasteiger partial charge in [-0.05, 0) is 6.42 Å². The van der Waals surface area contributed by atoms with E-state index in [0.717, 1.165) is 36.8 Å². The summed E-state index contributed by atoms with van der Waals surface area (Å²) in [5.41, 5.74) is 0.302. The maximum Gasteiger partial charge on any atom is 0.289 e. The molecule has 0 amide bonds. The third-order valence-corrected chi connectivity index (χ3v) is 3.97. The standard InChI is InChI=1S/C10H17N3O3S/c14-13(15)9(10-11-2-1-7-17-10)8-12-3-5-16-6-4-12/h11H,1-8H2/b10-9-. The van der Waals surface area contributed by atoms with Crippen LogP contribution in [-0.4, -0.2) is 55.0 Å². The minimum atomic E-state index is -0.254. The zero-order chi connectivity index (χ0) is 12.1. The molecule has 0 saturated carbocycles. The Hall–Kier alpha value is -0.790. The molecule has 0 radical (unpaired) electrons. The SMILES string of the molecule is O=[N+]([O-])/C(CN1CCOCC1)=C1/NCCCS1. The fourth-order valence-electron chi connectivity index (χ4n) is 1.87. The summed E-state index contributed by atoms with van der Waals surface area (Å²) in [6, 6.07) is 0. The van der Waals surface area contributed by atoms with Crippen LogP contribution < -0.4 is 5.32 Å². The van der Waals surface area contributed by atoms with Crippen molar-refractivity contribution in [3.05, 3.63) is 20.8 Å². The van der Waals surface area contributed by atoms with E-state index in [1.165, 1.54) is 0 Å². The van der Waals surface area contributed by atoms with Crippen LogP contribution in [0.3, 0.4) is 0 Å². The lowest BCUT2D eigenvalue weighted by atomic mass is 10.3. The van der Waals surface area contributed by atoms with E-state index in [9.17, 15) is 10.1 Å². The molecule has 0 spiro atoms. The fourth-order valence-corrected chi connectivity index (χ4v) is 2.87. The number of ether oxygens (including phenoxy) is 1. The molecule has 7 heteroatoms. The summed E-state index contributed by atoms with van der Waals surface area (Å²) < 4.78 is 5.24. The van der Waals surface area contributed by atoms with Crippen LogP contribution in [-0.2, 0) is 4.74 Å². The summed E-state index contributed by atoms with van der Waals surface area (Å²) in [4.78, 5) is 12.9. The van der Waals surface area contributed by atoms with Crippen LogP contribution in [0.4, 0.5) is 0 Å². The lowest BCUT2D eigenvalue weighted by Crippen LogP contribution is -2.39. The van der Waals surface area contributed by atoms with Gasteiger partial charge in [-0.2, -0.15) is 0 Å². The van der Waals surface area contributed by atoms with Gasteiger partial charge in [-0.3, -0.25) is 15.0 Å². The Bertz CT molecular complexity index is 308. The first-order valence-corrected chi connectivity index (χ1v) is 6.80. The van der Waals surface area contributed by atoms with Gasteiger partial charge in [0, 0.05) is 25.4 Å². The largest absolute Gasteiger partial charge is 0.379 e. The highest BCUT2D eigenvalue weighted by molar-refractivity contribution is 8.03. The highest BCUT2D eigenvalue weighted by atomic mass is 32.2. The van der Waals surface area contributed by atoms with E-state index in [2.05, 4.69) is 10.2 Å². The van der Waals surface area contributed by atoms with Crippen molar-refractivity contribution >= 4 is 11.8 Å². The topological polar surface area (TPSA) is 67.6 Å². The third kappa shape index (κ3) is 3.58. The molecular formula is C10H17N3O3S. The number of nitrogens with one attached hydrogen (secondary N) is 1. The maximum atomic E-state index is 11.1. The lowest BCUT2D eigenvalue weighted by Gasteiger charge is -2.26. The number of hydrogen-bond donors (Lipinski definition) is 1. The molecule has 0 atom stereocenters. The van der Waals surface area contributed by atoms with Crippen LogP contribution in [0.5, 0.6) is 0 Å². The molecule has 0 aromatic heterocycles. The first kappa shape index (κ1) is 12.7. The third-order valence-electron chi connectivity index (χ3n) is 2.81.